The molecule has 1 atom stereocenters. The van der Waals surface area contributed by atoms with Crippen LogP contribution in [0.4, 0.5) is 0 Å². The van der Waals surface area contributed by atoms with E-state index in [0.717, 1.165) is 25.4 Å². The number of hydrogen-bond donors (Lipinski definition) is 1. The first-order chi connectivity index (χ1) is 10.3. The third kappa shape index (κ3) is 5.68. The Kier molecular flexibility index (Phi) is 7.04. The molecule has 3 heteroatoms. The Hall–Kier alpha value is -1.06. The summed E-state index contributed by atoms with van der Waals surface area (Å²) in [5, 5.41) is 3.51. The average Bonchev–Trinajstić information content (AvgIpc) is 2.54. The molecule has 0 spiro atoms. The molecule has 0 radical (unpaired) electrons. The van der Waals surface area contributed by atoms with Crippen LogP contribution in [0.25, 0.3) is 0 Å². The Morgan fingerprint density at radius 2 is 1.86 bits per heavy atom. The van der Waals surface area contributed by atoms with Gasteiger partial charge in [-0.05, 0) is 63.5 Å². The number of ether oxygens (including phenoxy) is 1. The van der Waals surface area contributed by atoms with E-state index in [0.29, 0.717) is 6.04 Å². The van der Waals surface area contributed by atoms with Crippen LogP contribution in [0.2, 0.25) is 0 Å². The van der Waals surface area contributed by atoms with Crippen molar-refractivity contribution < 1.29 is 4.74 Å². The lowest BCUT2D eigenvalue weighted by molar-refractivity contribution is 0.183. The summed E-state index contributed by atoms with van der Waals surface area (Å²) in [7, 11) is 0. The van der Waals surface area contributed by atoms with Gasteiger partial charge in [-0.2, -0.15) is 0 Å². The van der Waals surface area contributed by atoms with Crippen LogP contribution in [0.1, 0.15) is 51.1 Å². The van der Waals surface area contributed by atoms with Gasteiger partial charge in [0.05, 0.1) is 0 Å². The number of piperidine rings is 1. The fraction of sp³-hybridized carbons (Fsp3) is 0.667. The van der Waals surface area contributed by atoms with E-state index in [1.54, 1.807) is 0 Å². The van der Waals surface area contributed by atoms with Crippen LogP contribution in [-0.4, -0.2) is 37.7 Å². The van der Waals surface area contributed by atoms with E-state index >= 15 is 0 Å². The van der Waals surface area contributed by atoms with E-state index in [-0.39, 0.29) is 0 Å². The van der Waals surface area contributed by atoms with Gasteiger partial charge in [-0.15, -0.1) is 0 Å². The van der Waals surface area contributed by atoms with Gasteiger partial charge >= 0.3 is 0 Å². The molecule has 1 unspecified atom stereocenters. The summed E-state index contributed by atoms with van der Waals surface area (Å²) in [6.07, 6.45) is 5.25. The zero-order chi connectivity index (χ0) is 14.9. The average molecular weight is 290 g/mol. The molecule has 0 aromatic heterocycles. The highest BCUT2D eigenvalue weighted by atomic mass is 16.5. The maximum atomic E-state index is 5.86. The Bertz CT molecular complexity index is 385. The van der Waals surface area contributed by atoms with E-state index in [4.69, 9.17) is 4.74 Å². The fourth-order valence-corrected chi connectivity index (χ4v) is 2.81. The summed E-state index contributed by atoms with van der Waals surface area (Å²) < 4.78 is 5.86. The molecule has 1 aromatic rings. The molecule has 1 aliphatic heterocycles. The molecule has 1 heterocycles. The molecule has 118 valence electrons. The summed E-state index contributed by atoms with van der Waals surface area (Å²) in [5.41, 5.74) is 1.33. The Morgan fingerprint density at radius 1 is 1.14 bits per heavy atom. The number of rotatable bonds is 8. The number of likely N-dealkylation sites (tertiary alicyclic amines) is 1. The molecule has 1 N–H and O–H groups in total. The molecule has 0 amide bonds. The van der Waals surface area contributed by atoms with Gasteiger partial charge in [0.2, 0.25) is 0 Å². The predicted molar refractivity (Wildman–Crippen MR) is 88.9 cm³/mol. The van der Waals surface area contributed by atoms with Crippen molar-refractivity contribution in [2.75, 3.05) is 32.8 Å². The van der Waals surface area contributed by atoms with Crippen molar-refractivity contribution in [1.82, 2.24) is 10.2 Å². The molecule has 0 saturated carbocycles. The largest absolute Gasteiger partial charge is 0.492 e. The minimum absolute atomic E-state index is 0.410. The van der Waals surface area contributed by atoms with Gasteiger partial charge in [-0.1, -0.05) is 25.5 Å². The minimum atomic E-state index is 0.410. The molecule has 3 nitrogen and oxygen atoms in total. The molecule has 21 heavy (non-hydrogen) atoms. The molecule has 2 rings (SSSR count). The fourth-order valence-electron chi connectivity index (χ4n) is 2.81. The van der Waals surface area contributed by atoms with Crippen molar-refractivity contribution in [3.05, 3.63) is 29.8 Å². The second-order valence-corrected chi connectivity index (χ2v) is 6.00. The quantitative estimate of drug-likeness (QED) is 0.791. The van der Waals surface area contributed by atoms with Crippen molar-refractivity contribution in [2.24, 2.45) is 0 Å². The molecule has 0 bridgehead atoms. The van der Waals surface area contributed by atoms with Crippen LogP contribution in [-0.2, 0) is 0 Å². The van der Waals surface area contributed by atoms with Crippen molar-refractivity contribution in [2.45, 2.75) is 45.6 Å². The summed E-state index contributed by atoms with van der Waals surface area (Å²) in [6, 6.07) is 8.94. The molecular weight excluding hydrogens is 260 g/mol. The Balaban J connectivity index is 1.71. The van der Waals surface area contributed by atoms with E-state index in [9.17, 15) is 0 Å². The molecule has 1 aromatic carbocycles. The zero-order valence-corrected chi connectivity index (χ0v) is 13.6. The van der Waals surface area contributed by atoms with Crippen molar-refractivity contribution >= 4 is 0 Å². The standard InChI is InChI=1S/C18H30N2O/c1-3-11-19-16(2)17-7-9-18(10-8-17)21-15-14-20-12-5-4-6-13-20/h7-10,16,19H,3-6,11-15H2,1-2H3. The van der Waals surface area contributed by atoms with Crippen molar-refractivity contribution in [3.8, 4) is 5.75 Å². The van der Waals surface area contributed by atoms with Crippen molar-refractivity contribution in [1.29, 1.82) is 0 Å². The first kappa shape index (κ1) is 16.3. The van der Waals surface area contributed by atoms with Gasteiger partial charge in [-0.3, -0.25) is 4.90 Å². The van der Waals surface area contributed by atoms with Gasteiger partial charge in [0.1, 0.15) is 12.4 Å². The molecule has 0 aliphatic carbocycles. The maximum absolute atomic E-state index is 5.86. The van der Waals surface area contributed by atoms with Crippen LogP contribution < -0.4 is 10.1 Å². The lowest BCUT2D eigenvalue weighted by Gasteiger charge is -2.26. The highest BCUT2D eigenvalue weighted by Crippen LogP contribution is 2.17. The molecule has 1 aliphatic rings. The zero-order valence-electron chi connectivity index (χ0n) is 13.6. The Morgan fingerprint density at radius 3 is 2.52 bits per heavy atom. The van der Waals surface area contributed by atoms with Crippen LogP contribution in [0.5, 0.6) is 5.75 Å². The highest BCUT2D eigenvalue weighted by molar-refractivity contribution is 5.28. The van der Waals surface area contributed by atoms with Gasteiger partial charge in [-0.25, -0.2) is 0 Å². The molecule has 1 fully saturated rings. The SMILES string of the molecule is CCCNC(C)c1ccc(OCCN2CCCCC2)cc1. The lowest BCUT2D eigenvalue weighted by atomic mass is 10.1. The van der Waals surface area contributed by atoms with Gasteiger partial charge in [0.15, 0.2) is 0 Å². The van der Waals surface area contributed by atoms with Gasteiger partial charge in [0, 0.05) is 12.6 Å². The Labute approximate surface area is 129 Å². The first-order valence-corrected chi connectivity index (χ1v) is 8.48. The topological polar surface area (TPSA) is 24.5 Å². The number of nitrogens with one attached hydrogen (secondary N) is 1. The van der Waals surface area contributed by atoms with E-state index < -0.39 is 0 Å². The smallest absolute Gasteiger partial charge is 0.119 e. The number of nitrogens with zero attached hydrogens (tertiary/aromatic N) is 1. The third-order valence-corrected chi connectivity index (χ3v) is 4.21. The maximum Gasteiger partial charge on any atom is 0.119 e. The summed E-state index contributed by atoms with van der Waals surface area (Å²) in [4.78, 5) is 2.51. The van der Waals surface area contributed by atoms with E-state index in [1.807, 2.05) is 0 Å². The number of benzene rings is 1. The number of hydrogen-bond acceptors (Lipinski definition) is 3. The van der Waals surface area contributed by atoms with Crippen LogP contribution in [0, 0.1) is 0 Å². The minimum Gasteiger partial charge on any atom is -0.492 e. The highest BCUT2D eigenvalue weighted by Gasteiger charge is 2.09. The van der Waals surface area contributed by atoms with E-state index in [1.165, 1.54) is 44.3 Å². The normalized spacial score (nSPS) is 17.6. The monoisotopic (exact) mass is 290 g/mol. The third-order valence-electron chi connectivity index (χ3n) is 4.21. The van der Waals surface area contributed by atoms with E-state index in [2.05, 4.69) is 48.3 Å². The summed E-state index contributed by atoms with van der Waals surface area (Å²) >= 11 is 0. The van der Waals surface area contributed by atoms with Gasteiger partial charge in [0.25, 0.3) is 0 Å². The van der Waals surface area contributed by atoms with Crippen LogP contribution >= 0.6 is 0 Å². The second-order valence-electron chi connectivity index (χ2n) is 6.00. The van der Waals surface area contributed by atoms with Crippen LogP contribution in [0.15, 0.2) is 24.3 Å². The lowest BCUT2D eigenvalue weighted by Crippen LogP contribution is -2.33. The summed E-state index contributed by atoms with van der Waals surface area (Å²) in [6.45, 7) is 9.79. The molecular formula is C18H30N2O. The summed E-state index contributed by atoms with van der Waals surface area (Å²) in [5.74, 6) is 0.985. The van der Waals surface area contributed by atoms with Crippen molar-refractivity contribution in [3.63, 3.8) is 0 Å². The molecule has 1 saturated heterocycles. The predicted octanol–water partition coefficient (Wildman–Crippen LogP) is 3.61. The van der Waals surface area contributed by atoms with Gasteiger partial charge < -0.3 is 10.1 Å². The van der Waals surface area contributed by atoms with Crippen LogP contribution in [0.3, 0.4) is 0 Å². The second kappa shape index (κ2) is 9.06. The first-order valence-electron chi connectivity index (χ1n) is 8.48.